The molecule has 0 aliphatic heterocycles. The molecule has 0 saturated carbocycles. The molecule has 3 rings (SSSR count). The molecule has 0 saturated heterocycles. The van der Waals surface area contributed by atoms with E-state index in [0.717, 1.165) is 17.0 Å². The van der Waals surface area contributed by atoms with Gasteiger partial charge in [0.1, 0.15) is 0 Å². The third-order valence-electron chi connectivity index (χ3n) is 4.37. The minimum atomic E-state index is 0.00263. The molecular formula is C20H23N3O2S. The number of nitrogens with zero attached hydrogens (tertiary/aromatic N) is 2. The van der Waals surface area contributed by atoms with Crippen molar-refractivity contribution in [1.29, 1.82) is 0 Å². The smallest absolute Gasteiger partial charge is 0.250 e. The molecule has 2 aromatic heterocycles. The third kappa shape index (κ3) is 4.19. The molecular weight excluding hydrogens is 346 g/mol. The van der Waals surface area contributed by atoms with Crippen molar-refractivity contribution in [2.24, 2.45) is 7.05 Å². The summed E-state index contributed by atoms with van der Waals surface area (Å²) in [5, 5.41) is 4.11. The van der Waals surface area contributed by atoms with Crippen LogP contribution in [0.15, 0.2) is 58.4 Å². The SMILES string of the molecule is Cc1cccc(=O)n1CCCNC(=O)CSc1cn(C)c2ccccc12. The zero-order chi connectivity index (χ0) is 18.5. The highest BCUT2D eigenvalue weighted by atomic mass is 32.2. The Bertz CT molecular complexity index is 975. The fraction of sp³-hybridized carbons (Fsp3) is 0.300. The zero-order valence-electron chi connectivity index (χ0n) is 15.1. The van der Waals surface area contributed by atoms with E-state index in [1.54, 1.807) is 28.5 Å². The normalized spacial score (nSPS) is 11.0. The van der Waals surface area contributed by atoms with Crippen molar-refractivity contribution in [3.63, 3.8) is 0 Å². The van der Waals surface area contributed by atoms with Gasteiger partial charge in [-0.25, -0.2) is 0 Å². The number of pyridine rings is 1. The summed E-state index contributed by atoms with van der Waals surface area (Å²) in [6.45, 7) is 3.10. The molecule has 0 aliphatic rings. The minimum absolute atomic E-state index is 0.00263. The maximum absolute atomic E-state index is 12.1. The van der Waals surface area contributed by atoms with Gasteiger partial charge in [0, 0.05) is 53.9 Å². The second-order valence-corrected chi connectivity index (χ2v) is 7.29. The number of benzene rings is 1. The second-order valence-electron chi connectivity index (χ2n) is 6.27. The van der Waals surface area contributed by atoms with E-state index in [0.29, 0.717) is 18.8 Å². The van der Waals surface area contributed by atoms with Crippen LogP contribution in [0.4, 0.5) is 0 Å². The number of carbonyl (C=O) groups excluding carboxylic acids is 1. The number of thioether (sulfide) groups is 1. The van der Waals surface area contributed by atoms with Gasteiger partial charge in [0.05, 0.1) is 5.75 Å². The molecule has 0 spiro atoms. The molecule has 1 aromatic carbocycles. The highest BCUT2D eigenvalue weighted by Crippen LogP contribution is 2.29. The van der Waals surface area contributed by atoms with E-state index in [-0.39, 0.29) is 11.5 Å². The molecule has 1 amide bonds. The van der Waals surface area contributed by atoms with Crippen molar-refractivity contribution in [2.45, 2.75) is 24.8 Å². The second kappa shape index (κ2) is 8.27. The van der Waals surface area contributed by atoms with Gasteiger partial charge in [-0.1, -0.05) is 24.3 Å². The predicted molar refractivity (Wildman–Crippen MR) is 107 cm³/mol. The Labute approximate surface area is 157 Å². The summed E-state index contributed by atoms with van der Waals surface area (Å²) >= 11 is 1.55. The van der Waals surface area contributed by atoms with E-state index in [9.17, 15) is 9.59 Å². The minimum Gasteiger partial charge on any atom is -0.355 e. The van der Waals surface area contributed by atoms with E-state index in [1.807, 2.05) is 32.2 Å². The van der Waals surface area contributed by atoms with Crippen molar-refractivity contribution < 1.29 is 4.79 Å². The van der Waals surface area contributed by atoms with Crippen LogP contribution < -0.4 is 10.9 Å². The first-order chi connectivity index (χ1) is 12.6. The van der Waals surface area contributed by atoms with Gasteiger partial charge in [0.15, 0.2) is 0 Å². The van der Waals surface area contributed by atoms with Gasteiger partial charge in [0.2, 0.25) is 5.91 Å². The lowest BCUT2D eigenvalue weighted by molar-refractivity contribution is -0.118. The van der Waals surface area contributed by atoms with Crippen LogP contribution in [0.1, 0.15) is 12.1 Å². The Morgan fingerprint density at radius 2 is 1.96 bits per heavy atom. The summed E-state index contributed by atoms with van der Waals surface area (Å²) in [6, 6.07) is 13.4. The van der Waals surface area contributed by atoms with Gasteiger partial charge in [-0.15, -0.1) is 11.8 Å². The molecule has 5 nitrogen and oxygen atoms in total. The molecule has 3 aromatic rings. The average Bonchev–Trinajstić information content (AvgIpc) is 2.95. The van der Waals surface area contributed by atoms with E-state index >= 15 is 0 Å². The van der Waals surface area contributed by atoms with Gasteiger partial charge < -0.3 is 14.5 Å². The molecule has 26 heavy (non-hydrogen) atoms. The number of fused-ring (bicyclic) bond motifs is 1. The van der Waals surface area contributed by atoms with Crippen LogP contribution in [-0.4, -0.2) is 27.3 Å². The number of rotatable bonds is 7. The van der Waals surface area contributed by atoms with Gasteiger partial charge in [-0.3, -0.25) is 9.59 Å². The molecule has 0 fully saturated rings. The quantitative estimate of drug-likeness (QED) is 0.515. The fourth-order valence-electron chi connectivity index (χ4n) is 2.99. The molecule has 0 radical (unpaired) electrons. The van der Waals surface area contributed by atoms with Crippen molar-refractivity contribution in [1.82, 2.24) is 14.5 Å². The van der Waals surface area contributed by atoms with Crippen LogP contribution in [0.2, 0.25) is 0 Å². The van der Waals surface area contributed by atoms with E-state index < -0.39 is 0 Å². The number of nitrogens with one attached hydrogen (secondary N) is 1. The maximum atomic E-state index is 12.1. The Hall–Kier alpha value is -2.47. The lowest BCUT2D eigenvalue weighted by atomic mass is 10.2. The summed E-state index contributed by atoms with van der Waals surface area (Å²) in [5.74, 6) is 0.401. The molecule has 0 atom stereocenters. The summed E-state index contributed by atoms with van der Waals surface area (Å²) < 4.78 is 3.81. The Morgan fingerprint density at radius 3 is 2.77 bits per heavy atom. The van der Waals surface area contributed by atoms with Gasteiger partial charge >= 0.3 is 0 Å². The number of aromatic nitrogens is 2. The van der Waals surface area contributed by atoms with Crippen molar-refractivity contribution in [3.05, 3.63) is 64.7 Å². The van der Waals surface area contributed by atoms with Crippen LogP contribution in [0.25, 0.3) is 10.9 Å². The summed E-state index contributed by atoms with van der Waals surface area (Å²) in [4.78, 5) is 25.0. The molecule has 6 heteroatoms. The van der Waals surface area contributed by atoms with Crippen LogP contribution in [0.5, 0.6) is 0 Å². The lowest BCUT2D eigenvalue weighted by Gasteiger charge is -2.09. The number of carbonyl (C=O) groups is 1. The molecule has 0 unspecified atom stereocenters. The molecule has 2 heterocycles. The van der Waals surface area contributed by atoms with E-state index in [1.165, 1.54) is 10.9 Å². The first-order valence-corrected chi connectivity index (χ1v) is 9.65. The van der Waals surface area contributed by atoms with E-state index in [2.05, 4.69) is 28.2 Å². The monoisotopic (exact) mass is 369 g/mol. The Morgan fingerprint density at radius 1 is 1.15 bits per heavy atom. The molecule has 1 N–H and O–H groups in total. The van der Waals surface area contributed by atoms with Gasteiger partial charge in [0.25, 0.3) is 5.56 Å². The first kappa shape index (κ1) is 18.3. The molecule has 0 aliphatic carbocycles. The Balaban J connectivity index is 1.47. The third-order valence-corrected chi connectivity index (χ3v) is 5.41. The number of aryl methyl sites for hydroxylation is 2. The van der Waals surface area contributed by atoms with Gasteiger partial charge in [-0.05, 0) is 25.5 Å². The van der Waals surface area contributed by atoms with E-state index in [4.69, 9.17) is 0 Å². The summed E-state index contributed by atoms with van der Waals surface area (Å²) in [5.41, 5.74) is 2.11. The fourth-order valence-corrected chi connectivity index (χ4v) is 3.94. The largest absolute Gasteiger partial charge is 0.355 e. The molecule has 0 bridgehead atoms. The van der Waals surface area contributed by atoms with Crippen LogP contribution in [0.3, 0.4) is 0 Å². The average molecular weight is 369 g/mol. The standard InChI is InChI=1S/C20H23N3O2S/c1-15-7-5-10-20(25)23(15)12-6-11-21-19(24)14-26-18-13-22(2)17-9-4-3-8-16(17)18/h3-5,7-10,13H,6,11-12,14H2,1-2H3,(H,21,24). The zero-order valence-corrected chi connectivity index (χ0v) is 15.9. The van der Waals surface area contributed by atoms with Gasteiger partial charge in [-0.2, -0.15) is 0 Å². The van der Waals surface area contributed by atoms with Crippen molar-refractivity contribution in [3.8, 4) is 0 Å². The highest BCUT2D eigenvalue weighted by molar-refractivity contribution is 8.00. The van der Waals surface area contributed by atoms with Crippen LogP contribution >= 0.6 is 11.8 Å². The van der Waals surface area contributed by atoms with Crippen molar-refractivity contribution in [2.75, 3.05) is 12.3 Å². The molecule has 136 valence electrons. The van der Waals surface area contributed by atoms with Crippen LogP contribution in [-0.2, 0) is 18.4 Å². The number of amides is 1. The topological polar surface area (TPSA) is 56.0 Å². The van der Waals surface area contributed by atoms with Crippen molar-refractivity contribution >= 4 is 28.6 Å². The summed E-state index contributed by atoms with van der Waals surface area (Å²) in [6.07, 6.45) is 2.79. The predicted octanol–water partition coefficient (Wildman–Crippen LogP) is 2.95. The van der Waals surface area contributed by atoms with Crippen LogP contribution in [0, 0.1) is 6.92 Å². The first-order valence-electron chi connectivity index (χ1n) is 8.66. The lowest BCUT2D eigenvalue weighted by Crippen LogP contribution is -2.28. The number of hydrogen-bond acceptors (Lipinski definition) is 3. The Kier molecular flexibility index (Phi) is 5.83. The summed E-state index contributed by atoms with van der Waals surface area (Å²) in [7, 11) is 2.01. The maximum Gasteiger partial charge on any atom is 0.250 e. The highest BCUT2D eigenvalue weighted by Gasteiger charge is 2.09. The number of hydrogen-bond donors (Lipinski definition) is 1. The number of para-hydroxylation sites is 1.